The third-order valence-electron chi connectivity index (χ3n) is 5.42. The highest BCUT2D eigenvalue weighted by Gasteiger charge is 2.21. The van der Waals surface area contributed by atoms with Crippen LogP contribution in [0, 0.1) is 17.2 Å². The topological polar surface area (TPSA) is 55.2 Å². The molecule has 26 heavy (non-hydrogen) atoms. The maximum atomic E-state index is 9.15. The van der Waals surface area contributed by atoms with Gasteiger partial charge in [-0.15, -0.1) is 0 Å². The number of hydrogen-bond donors (Lipinski definition) is 1. The Labute approximate surface area is 155 Å². The van der Waals surface area contributed by atoms with Crippen LogP contribution in [0.25, 0.3) is 11.1 Å². The highest BCUT2D eigenvalue weighted by Crippen LogP contribution is 2.34. The molecular weight excluding hydrogens is 322 g/mol. The molecule has 0 amide bonds. The summed E-state index contributed by atoms with van der Waals surface area (Å²) in [6.45, 7) is 5.92. The van der Waals surface area contributed by atoms with Crippen molar-refractivity contribution in [3.8, 4) is 17.2 Å². The van der Waals surface area contributed by atoms with Crippen LogP contribution in [-0.2, 0) is 0 Å². The Kier molecular flexibility index (Phi) is 5.03. The first-order chi connectivity index (χ1) is 12.8. The Morgan fingerprint density at radius 1 is 1.00 bits per heavy atom. The molecular formula is C21H25N5. The van der Waals surface area contributed by atoms with E-state index in [0.29, 0.717) is 0 Å². The molecule has 0 radical (unpaired) electrons. The first kappa shape index (κ1) is 16.9. The average molecular weight is 347 g/mol. The number of piperazine rings is 1. The molecule has 2 aliphatic rings. The molecule has 0 atom stereocenters. The van der Waals surface area contributed by atoms with Crippen LogP contribution in [0.4, 0.5) is 11.5 Å². The zero-order valence-corrected chi connectivity index (χ0v) is 15.1. The number of benzene rings is 1. The fourth-order valence-electron chi connectivity index (χ4n) is 3.90. The highest BCUT2D eigenvalue weighted by atomic mass is 15.2. The molecule has 3 heterocycles. The van der Waals surface area contributed by atoms with Crippen LogP contribution in [0.15, 0.2) is 42.6 Å². The molecule has 0 spiro atoms. The minimum atomic E-state index is 0.207. The molecule has 1 aromatic carbocycles. The Balaban J connectivity index is 1.61. The van der Waals surface area contributed by atoms with Crippen LogP contribution >= 0.6 is 0 Å². The van der Waals surface area contributed by atoms with Gasteiger partial charge in [0, 0.05) is 62.6 Å². The van der Waals surface area contributed by atoms with E-state index in [2.05, 4.69) is 62.6 Å². The number of rotatable bonds is 3. The second-order valence-electron chi connectivity index (χ2n) is 7.05. The van der Waals surface area contributed by atoms with E-state index in [1.165, 1.54) is 16.8 Å². The summed E-state index contributed by atoms with van der Waals surface area (Å²) in [6.07, 6.45) is 3.83. The monoisotopic (exact) mass is 347 g/mol. The largest absolute Gasteiger partial charge is 0.371 e. The highest BCUT2D eigenvalue weighted by molar-refractivity contribution is 5.80. The van der Waals surface area contributed by atoms with Gasteiger partial charge >= 0.3 is 0 Å². The Hall–Kier alpha value is -2.58. The molecule has 0 unspecified atom stereocenters. The van der Waals surface area contributed by atoms with E-state index >= 15 is 0 Å². The lowest BCUT2D eigenvalue weighted by atomic mass is 9.96. The van der Waals surface area contributed by atoms with Gasteiger partial charge in [0.05, 0.1) is 6.07 Å². The van der Waals surface area contributed by atoms with Gasteiger partial charge in [-0.1, -0.05) is 18.2 Å². The number of anilines is 2. The third kappa shape index (κ3) is 3.51. The number of pyridine rings is 1. The van der Waals surface area contributed by atoms with Crippen LogP contribution in [0.1, 0.15) is 12.8 Å². The Morgan fingerprint density at radius 2 is 1.77 bits per heavy atom. The van der Waals surface area contributed by atoms with Crippen LogP contribution in [0.5, 0.6) is 0 Å². The summed E-state index contributed by atoms with van der Waals surface area (Å²) in [5.41, 5.74) is 3.73. The summed E-state index contributed by atoms with van der Waals surface area (Å²) in [5, 5.41) is 12.5. The van der Waals surface area contributed by atoms with Crippen molar-refractivity contribution in [3.63, 3.8) is 0 Å². The first-order valence-corrected chi connectivity index (χ1v) is 9.51. The van der Waals surface area contributed by atoms with E-state index in [1.54, 1.807) is 0 Å². The SMILES string of the molecule is N#CC1CCN(c2ccccc2-c2ccnc(N3CCNCC3)c2)CC1. The van der Waals surface area contributed by atoms with Gasteiger partial charge in [0.1, 0.15) is 5.82 Å². The zero-order valence-electron chi connectivity index (χ0n) is 15.1. The average Bonchev–Trinajstić information content (AvgIpc) is 2.74. The fraction of sp³-hybridized carbons (Fsp3) is 0.429. The standard InChI is InChI=1S/C21H25N5/c22-16-17-6-11-25(12-7-17)20-4-2-1-3-19(20)18-5-8-24-21(15-18)26-13-9-23-10-14-26/h1-5,8,15,17,23H,6-7,9-14H2. The molecule has 1 aromatic heterocycles. The second kappa shape index (κ2) is 7.76. The van der Waals surface area contributed by atoms with E-state index in [-0.39, 0.29) is 5.92 Å². The van der Waals surface area contributed by atoms with E-state index in [9.17, 15) is 0 Å². The van der Waals surface area contributed by atoms with Gasteiger partial charge in [-0.05, 0) is 36.6 Å². The van der Waals surface area contributed by atoms with Gasteiger partial charge in [0.25, 0.3) is 0 Å². The minimum Gasteiger partial charge on any atom is -0.371 e. The molecule has 134 valence electrons. The van der Waals surface area contributed by atoms with Crippen LogP contribution in [-0.4, -0.2) is 44.3 Å². The normalized spacial score (nSPS) is 18.6. The number of nitrogens with zero attached hydrogens (tertiary/aromatic N) is 4. The van der Waals surface area contributed by atoms with Crippen molar-refractivity contribution in [1.29, 1.82) is 5.26 Å². The number of hydrogen-bond acceptors (Lipinski definition) is 5. The van der Waals surface area contributed by atoms with Crippen molar-refractivity contribution >= 4 is 11.5 Å². The summed E-state index contributed by atoms with van der Waals surface area (Å²) in [5.74, 6) is 1.26. The van der Waals surface area contributed by atoms with Crippen molar-refractivity contribution in [2.45, 2.75) is 12.8 Å². The van der Waals surface area contributed by atoms with Crippen LogP contribution in [0.3, 0.4) is 0 Å². The van der Waals surface area contributed by atoms with E-state index in [1.807, 2.05) is 6.20 Å². The Morgan fingerprint density at radius 3 is 2.54 bits per heavy atom. The molecule has 2 aromatic rings. The summed E-state index contributed by atoms with van der Waals surface area (Å²) >= 11 is 0. The molecule has 5 nitrogen and oxygen atoms in total. The summed E-state index contributed by atoms with van der Waals surface area (Å²) in [7, 11) is 0. The van der Waals surface area contributed by atoms with Gasteiger partial charge in [-0.2, -0.15) is 5.26 Å². The van der Waals surface area contributed by atoms with Crippen LogP contribution in [0.2, 0.25) is 0 Å². The van der Waals surface area contributed by atoms with E-state index in [4.69, 9.17) is 5.26 Å². The molecule has 0 bridgehead atoms. The van der Waals surface area contributed by atoms with Gasteiger partial charge in [-0.3, -0.25) is 0 Å². The van der Waals surface area contributed by atoms with Crippen LogP contribution < -0.4 is 15.1 Å². The molecule has 1 N–H and O–H groups in total. The van der Waals surface area contributed by atoms with Gasteiger partial charge in [0.2, 0.25) is 0 Å². The molecule has 5 heteroatoms. The molecule has 2 saturated heterocycles. The fourth-order valence-corrected chi connectivity index (χ4v) is 3.90. The molecule has 0 saturated carbocycles. The third-order valence-corrected chi connectivity index (χ3v) is 5.42. The van der Waals surface area contributed by atoms with Gasteiger partial charge in [0.15, 0.2) is 0 Å². The number of nitriles is 1. The van der Waals surface area contributed by atoms with Crippen molar-refractivity contribution in [2.24, 2.45) is 5.92 Å². The van der Waals surface area contributed by atoms with E-state index in [0.717, 1.165) is 57.9 Å². The first-order valence-electron chi connectivity index (χ1n) is 9.51. The van der Waals surface area contributed by atoms with E-state index < -0.39 is 0 Å². The van der Waals surface area contributed by atoms with Crippen molar-refractivity contribution in [2.75, 3.05) is 49.1 Å². The van der Waals surface area contributed by atoms with Crippen molar-refractivity contribution < 1.29 is 0 Å². The lowest BCUT2D eigenvalue weighted by Crippen LogP contribution is -2.43. The predicted molar refractivity (Wildman–Crippen MR) is 105 cm³/mol. The zero-order chi connectivity index (χ0) is 17.8. The van der Waals surface area contributed by atoms with Gasteiger partial charge < -0.3 is 15.1 Å². The lowest BCUT2D eigenvalue weighted by molar-refractivity contribution is 0.488. The second-order valence-corrected chi connectivity index (χ2v) is 7.05. The van der Waals surface area contributed by atoms with Gasteiger partial charge in [-0.25, -0.2) is 4.98 Å². The Bertz CT molecular complexity index is 783. The van der Waals surface area contributed by atoms with Crippen molar-refractivity contribution in [3.05, 3.63) is 42.6 Å². The number of aromatic nitrogens is 1. The number of para-hydroxylation sites is 1. The number of piperidine rings is 1. The molecule has 2 fully saturated rings. The summed E-state index contributed by atoms with van der Waals surface area (Å²) in [6, 6.07) is 15.3. The maximum Gasteiger partial charge on any atom is 0.129 e. The maximum absolute atomic E-state index is 9.15. The summed E-state index contributed by atoms with van der Waals surface area (Å²) < 4.78 is 0. The smallest absolute Gasteiger partial charge is 0.129 e. The minimum absolute atomic E-state index is 0.207. The molecule has 0 aliphatic carbocycles. The predicted octanol–water partition coefficient (Wildman–Crippen LogP) is 2.90. The van der Waals surface area contributed by atoms with Crippen molar-refractivity contribution in [1.82, 2.24) is 10.3 Å². The quantitative estimate of drug-likeness (QED) is 0.925. The molecule has 4 rings (SSSR count). The number of nitrogens with one attached hydrogen (secondary N) is 1. The molecule has 2 aliphatic heterocycles. The summed E-state index contributed by atoms with van der Waals surface area (Å²) in [4.78, 5) is 9.37. The lowest BCUT2D eigenvalue weighted by Gasteiger charge is -2.33.